The average Bonchev–Trinajstić information content (AvgIpc) is 3.10. The lowest BCUT2D eigenvalue weighted by atomic mass is 9.97. The molecule has 1 aromatic heterocycles. The number of likely N-dealkylation sites (tertiary alicyclic amines) is 1. The predicted octanol–water partition coefficient (Wildman–Crippen LogP) is 4.93. The van der Waals surface area contributed by atoms with Gasteiger partial charge in [-0.3, -0.25) is 4.79 Å². The summed E-state index contributed by atoms with van der Waals surface area (Å²) >= 11 is 0. The fraction of sp³-hybridized carbons (Fsp3) is 0.435. The standard InChI is InChI=1S/C23H24F3N3O3/c1-22(2,3)32-21(31)28-10-4-5-15(20(28)30)12-17-19-8-6-14-11-16(23(24,25)26)7-9-18(14)29(19)13-27-17/h7,9,11-13H,4-6,8,10H2,1-3H3. The Balaban J connectivity index is 1.61. The van der Waals surface area contributed by atoms with E-state index in [-0.39, 0.29) is 0 Å². The molecule has 0 bridgehead atoms. The molecule has 0 spiro atoms. The molecule has 0 unspecified atom stereocenters. The maximum absolute atomic E-state index is 13.0. The maximum Gasteiger partial charge on any atom is 0.417 e. The van der Waals surface area contributed by atoms with E-state index in [2.05, 4.69) is 4.98 Å². The number of imide groups is 1. The van der Waals surface area contributed by atoms with E-state index in [9.17, 15) is 22.8 Å². The van der Waals surface area contributed by atoms with Gasteiger partial charge in [-0.15, -0.1) is 0 Å². The van der Waals surface area contributed by atoms with Crippen molar-refractivity contribution < 1.29 is 27.5 Å². The second-order valence-corrected chi connectivity index (χ2v) is 9.00. The minimum Gasteiger partial charge on any atom is -0.443 e. The molecule has 0 radical (unpaired) electrons. The number of carbonyl (C=O) groups is 2. The number of amides is 2. The zero-order valence-electron chi connectivity index (χ0n) is 18.1. The zero-order valence-corrected chi connectivity index (χ0v) is 18.1. The first-order valence-electron chi connectivity index (χ1n) is 10.5. The van der Waals surface area contributed by atoms with Gasteiger partial charge in [-0.05, 0) is 76.3 Å². The number of rotatable bonds is 1. The third kappa shape index (κ3) is 4.28. The molecule has 1 saturated heterocycles. The summed E-state index contributed by atoms with van der Waals surface area (Å²) in [7, 11) is 0. The van der Waals surface area contributed by atoms with E-state index in [1.165, 1.54) is 12.1 Å². The smallest absolute Gasteiger partial charge is 0.417 e. The molecule has 3 heterocycles. The van der Waals surface area contributed by atoms with E-state index in [0.717, 1.165) is 16.7 Å². The lowest BCUT2D eigenvalue weighted by Crippen LogP contribution is -2.44. The van der Waals surface area contributed by atoms with Crippen molar-refractivity contribution in [3.05, 3.63) is 52.6 Å². The van der Waals surface area contributed by atoms with Gasteiger partial charge in [0.15, 0.2) is 0 Å². The Kier molecular flexibility index (Phi) is 5.38. The van der Waals surface area contributed by atoms with Crippen LogP contribution in [0.3, 0.4) is 0 Å². The van der Waals surface area contributed by atoms with Crippen molar-refractivity contribution in [2.75, 3.05) is 6.54 Å². The largest absolute Gasteiger partial charge is 0.443 e. The summed E-state index contributed by atoms with van der Waals surface area (Å²) in [5.74, 6) is -0.404. The highest BCUT2D eigenvalue weighted by molar-refractivity contribution is 6.05. The van der Waals surface area contributed by atoms with Crippen molar-refractivity contribution in [2.24, 2.45) is 0 Å². The van der Waals surface area contributed by atoms with Crippen molar-refractivity contribution in [3.63, 3.8) is 0 Å². The Bertz CT molecular complexity index is 1110. The molecule has 0 atom stereocenters. The quantitative estimate of drug-likeness (QED) is 0.582. The molecule has 1 fully saturated rings. The van der Waals surface area contributed by atoms with Crippen LogP contribution in [-0.2, 0) is 28.5 Å². The molecule has 0 aliphatic carbocycles. The SMILES string of the molecule is CC(C)(C)OC(=O)N1CCCC(=Cc2ncn3c2CCc2cc(C(F)(F)F)ccc2-3)C1=O. The Morgan fingerprint density at radius 1 is 1.16 bits per heavy atom. The second-order valence-electron chi connectivity index (χ2n) is 9.00. The highest BCUT2D eigenvalue weighted by Crippen LogP contribution is 2.34. The highest BCUT2D eigenvalue weighted by Gasteiger charge is 2.33. The monoisotopic (exact) mass is 447 g/mol. The molecular formula is C23H24F3N3O3. The van der Waals surface area contributed by atoms with Crippen molar-refractivity contribution in [2.45, 2.75) is 58.2 Å². The molecular weight excluding hydrogens is 423 g/mol. The summed E-state index contributed by atoms with van der Waals surface area (Å²) in [6, 6.07) is 3.70. The molecule has 170 valence electrons. The number of aromatic nitrogens is 2. The fourth-order valence-electron chi connectivity index (χ4n) is 4.01. The van der Waals surface area contributed by atoms with Crippen LogP contribution in [0.5, 0.6) is 0 Å². The van der Waals surface area contributed by atoms with Gasteiger partial charge in [0.25, 0.3) is 5.91 Å². The van der Waals surface area contributed by atoms with E-state index in [4.69, 9.17) is 4.74 Å². The Morgan fingerprint density at radius 2 is 1.91 bits per heavy atom. The normalized spacial score (nSPS) is 17.9. The van der Waals surface area contributed by atoms with Crippen LogP contribution < -0.4 is 0 Å². The van der Waals surface area contributed by atoms with E-state index >= 15 is 0 Å². The Morgan fingerprint density at radius 3 is 2.59 bits per heavy atom. The van der Waals surface area contributed by atoms with Crippen molar-refractivity contribution in [3.8, 4) is 5.69 Å². The van der Waals surface area contributed by atoms with Gasteiger partial charge in [0, 0.05) is 12.1 Å². The molecule has 0 saturated carbocycles. The Labute approximate surface area is 183 Å². The number of carbonyl (C=O) groups excluding carboxylic acids is 2. The summed E-state index contributed by atoms with van der Waals surface area (Å²) in [6.45, 7) is 5.51. The third-order valence-electron chi connectivity index (χ3n) is 5.47. The zero-order chi connectivity index (χ0) is 23.3. The second kappa shape index (κ2) is 7.79. The van der Waals surface area contributed by atoms with Gasteiger partial charge in [0.2, 0.25) is 0 Å². The number of alkyl halides is 3. The Hall–Kier alpha value is -3.10. The van der Waals surface area contributed by atoms with Crippen molar-refractivity contribution in [1.29, 1.82) is 0 Å². The van der Waals surface area contributed by atoms with Crippen LogP contribution in [0.15, 0.2) is 30.1 Å². The van der Waals surface area contributed by atoms with Gasteiger partial charge in [-0.2, -0.15) is 13.2 Å². The molecule has 9 heteroatoms. The summed E-state index contributed by atoms with van der Waals surface area (Å²) in [5.41, 5.74) is 1.76. The minimum absolute atomic E-state index is 0.293. The molecule has 1 aromatic carbocycles. The van der Waals surface area contributed by atoms with Crippen LogP contribution in [0, 0.1) is 0 Å². The number of ether oxygens (including phenoxy) is 1. The summed E-state index contributed by atoms with van der Waals surface area (Å²) in [5, 5.41) is 0. The van der Waals surface area contributed by atoms with Gasteiger partial charge >= 0.3 is 12.3 Å². The number of hydrogen-bond acceptors (Lipinski definition) is 4. The van der Waals surface area contributed by atoms with Gasteiger partial charge in [0.1, 0.15) is 11.9 Å². The first kappa shape index (κ1) is 22.1. The lowest BCUT2D eigenvalue weighted by Gasteiger charge is -2.29. The van der Waals surface area contributed by atoms with Crippen molar-refractivity contribution in [1.82, 2.24) is 14.5 Å². The highest BCUT2D eigenvalue weighted by atomic mass is 19.4. The van der Waals surface area contributed by atoms with Crippen LogP contribution in [0.25, 0.3) is 11.8 Å². The van der Waals surface area contributed by atoms with E-state index < -0.39 is 29.3 Å². The number of nitrogens with zero attached hydrogens (tertiary/aromatic N) is 3. The van der Waals surface area contributed by atoms with Crippen molar-refractivity contribution >= 4 is 18.1 Å². The van der Waals surface area contributed by atoms with Crippen LogP contribution >= 0.6 is 0 Å². The summed E-state index contributed by atoms with van der Waals surface area (Å²) in [6.07, 6.45) is 0.254. The number of hydrogen-bond donors (Lipinski definition) is 0. The molecule has 2 aliphatic heterocycles. The van der Waals surface area contributed by atoms with Gasteiger partial charge in [0.05, 0.1) is 22.6 Å². The number of imidazole rings is 1. The molecule has 2 amide bonds. The van der Waals surface area contributed by atoms with Gasteiger partial charge < -0.3 is 9.30 Å². The summed E-state index contributed by atoms with van der Waals surface area (Å²) in [4.78, 5) is 30.8. The first-order valence-corrected chi connectivity index (χ1v) is 10.5. The molecule has 32 heavy (non-hydrogen) atoms. The molecule has 0 N–H and O–H groups in total. The lowest BCUT2D eigenvalue weighted by molar-refractivity contribution is -0.137. The number of halogens is 3. The van der Waals surface area contributed by atoms with Crippen LogP contribution in [0.4, 0.5) is 18.0 Å². The van der Waals surface area contributed by atoms with E-state index in [0.29, 0.717) is 54.7 Å². The van der Waals surface area contributed by atoms with Gasteiger partial charge in [-0.1, -0.05) is 0 Å². The number of aryl methyl sites for hydroxylation is 1. The molecule has 6 nitrogen and oxygen atoms in total. The molecule has 2 aliphatic rings. The maximum atomic E-state index is 13.0. The molecule has 2 aromatic rings. The third-order valence-corrected chi connectivity index (χ3v) is 5.47. The van der Waals surface area contributed by atoms with E-state index in [1.54, 1.807) is 37.7 Å². The fourth-order valence-corrected chi connectivity index (χ4v) is 4.01. The topological polar surface area (TPSA) is 64.4 Å². The van der Waals surface area contributed by atoms with Gasteiger partial charge in [-0.25, -0.2) is 14.7 Å². The van der Waals surface area contributed by atoms with Crippen LogP contribution in [-0.4, -0.2) is 38.6 Å². The predicted molar refractivity (Wildman–Crippen MR) is 111 cm³/mol. The number of fused-ring (bicyclic) bond motifs is 3. The number of piperidine rings is 1. The average molecular weight is 447 g/mol. The summed E-state index contributed by atoms with van der Waals surface area (Å²) < 4.78 is 46.2. The number of benzene rings is 1. The van der Waals surface area contributed by atoms with Crippen LogP contribution in [0.2, 0.25) is 0 Å². The minimum atomic E-state index is -4.39. The van der Waals surface area contributed by atoms with E-state index in [1.807, 2.05) is 0 Å². The first-order chi connectivity index (χ1) is 14.9. The van der Waals surface area contributed by atoms with Crippen LogP contribution in [0.1, 0.15) is 56.1 Å². The molecule has 4 rings (SSSR count).